The fourth-order valence-electron chi connectivity index (χ4n) is 4.09. The number of piperidine rings is 1. The first-order valence-corrected chi connectivity index (χ1v) is 8.02. The maximum absolute atomic E-state index is 6.36. The van der Waals surface area contributed by atoms with Crippen molar-refractivity contribution in [3.05, 3.63) is 35.9 Å². The van der Waals surface area contributed by atoms with E-state index in [9.17, 15) is 0 Å². The molecule has 2 fully saturated rings. The Kier molecular flexibility index (Phi) is 3.46. The third-order valence-electron chi connectivity index (χ3n) is 5.61. The number of guanidine groups is 1. The lowest BCUT2D eigenvalue weighted by Crippen LogP contribution is -2.59. The van der Waals surface area contributed by atoms with E-state index in [0.717, 1.165) is 12.5 Å². The first kappa shape index (κ1) is 14.4. The van der Waals surface area contributed by atoms with Crippen molar-refractivity contribution in [2.45, 2.75) is 52.1 Å². The molecule has 114 valence electrons. The number of rotatable bonds is 2. The minimum absolute atomic E-state index is 0.125. The zero-order valence-electron chi connectivity index (χ0n) is 13.5. The summed E-state index contributed by atoms with van der Waals surface area (Å²) in [5, 5.41) is 0. The van der Waals surface area contributed by atoms with Gasteiger partial charge in [-0.3, -0.25) is 0 Å². The van der Waals surface area contributed by atoms with Crippen molar-refractivity contribution < 1.29 is 0 Å². The maximum atomic E-state index is 6.36. The molecule has 0 unspecified atom stereocenters. The Hall–Kier alpha value is -1.51. The van der Waals surface area contributed by atoms with Gasteiger partial charge < -0.3 is 10.6 Å². The van der Waals surface area contributed by atoms with Gasteiger partial charge in [0.15, 0.2) is 5.96 Å². The number of hydrogen-bond donors (Lipinski definition) is 1. The van der Waals surface area contributed by atoms with Crippen LogP contribution in [0.3, 0.4) is 0 Å². The predicted octanol–water partition coefficient (Wildman–Crippen LogP) is 3.40. The molecule has 1 saturated heterocycles. The summed E-state index contributed by atoms with van der Waals surface area (Å²) in [7, 11) is 0. The standard InChI is InChI=1S/C18H27N3/c1-17(2)15-9-10-18(3,11-15)13-21(17)16(19)20-12-14-7-5-4-6-8-14/h4-8,15H,9-13H2,1-3H3,(H2,19,20)/t15-,18+/m0/s1. The van der Waals surface area contributed by atoms with E-state index in [1.807, 2.05) is 18.2 Å². The summed E-state index contributed by atoms with van der Waals surface area (Å²) >= 11 is 0. The topological polar surface area (TPSA) is 41.6 Å². The second-order valence-electron chi connectivity index (χ2n) is 7.65. The van der Waals surface area contributed by atoms with Gasteiger partial charge in [0.1, 0.15) is 0 Å². The van der Waals surface area contributed by atoms with E-state index in [1.165, 1.54) is 24.8 Å². The van der Waals surface area contributed by atoms with Gasteiger partial charge in [0.25, 0.3) is 0 Å². The van der Waals surface area contributed by atoms with Gasteiger partial charge in [0.05, 0.1) is 6.54 Å². The van der Waals surface area contributed by atoms with Crippen LogP contribution in [0.4, 0.5) is 0 Å². The second-order valence-corrected chi connectivity index (χ2v) is 7.65. The molecule has 1 heterocycles. The lowest BCUT2D eigenvalue weighted by Gasteiger charge is -2.50. The molecular formula is C18H27N3. The second kappa shape index (κ2) is 5.04. The number of likely N-dealkylation sites (tertiary alicyclic amines) is 1. The molecule has 2 aliphatic rings. The highest BCUT2D eigenvalue weighted by molar-refractivity contribution is 5.79. The molecule has 0 radical (unpaired) electrons. The third-order valence-corrected chi connectivity index (χ3v) is 5.61. The van der Waals surface area contributed by atoms with Crippen molar-refractivity contribution in [2.75, 3.05) is 6.54 Å². The van der Waals surface area contributed by atoms with Gasteiger partial charge >= 0.3 is 0 Å². The van der Waals surface area contributed by atoms with E-state index in [2.05, 4.69) is 42.8 Å². The minimum atomic E-state index is 0.125. The molecule has 1 aliphatic carbocycles. The number of nitrogens with two attached hydrogens (primary N) is 1. The van der Waals surface area contributed by atoms with E-state index in [1.54, 1.807) is 0 Å². The van der Waals surface area contributed by atoms with Crippen molar-refractivity contribution in [3.8, 4) is 0 Å². The summed E-state index contributed by atoms with van der Waals surface area (Å²) in [6.45, 7) is 8.77. The number of hydrogen-bond acceptors (Lipinski definition) is 1. The lowest BCUT2D eigenvalue weighted by atomic mass is 9.75. The molecule has 2 bridgehead atoms. The Morgan fingerprint density at radius 2 is 2.00 bits per heavy atom. The van der Waals surface area contributed by atoms with Crippen molar-refractivity contribution in [2.24, 2.45) is 22.1 Å². The molecule has 21 heavy (non-hydrogen) atoms. The molecule has 0 spiro atoms. The van der Waals surface area contributed by atoms with E-state index in [0.29, 0.717) is 17.9 Å². The van der Waals surface area contributed by atoms with E-state index < -0.39 is 0 Å². The summed E-state index contributed by atoms with van der Waals surface area (Å²) in [5.74, 6) is 1.45. The van der Waals surface area contributed by atoms with Crippen LogP contribution in [0.5, 0.6) is 0 Å². The summed E-state index contributed by atoms with van der Waals surface area (Å²) in [4.78, 5) is 7.02. The van der Waals surface area contributed by atoms with Crippen molar-refractivity contribution in [1.29, 1.82) is 0 Å². The van der Waals surface area contributed by atoms with Crippen LogP contribution in [-0.4, -0.2) is 22.9 Å². The predicted molar refractivity (Wildman–Crippen MR) is 88.0 cm³/mol. The largest absolute Gasteiger partial charge is 0.370 e. The Labute approximate surface area is 128 Å². The Bertz CT molecular complexity index is 535. The fraction of sp³-hybridized carbons (Fsp3) is 0.611. The van der Waals surface area contributed by atoms with Gasteiger partial charge in [-0.1, -0.05) is 37.3 Å². The smallest absolute Gasteiger partial charge is 0.192 e. The van der Waals surface area contributed by atoms with Crippen LogP contribution in [0.25, 0.3) is 0 Å². The van der Waals surface area contributed by atoms with Gasteiger partial charge in [-0.2, -0.15) is 0 Å². The van der Waals surface area contributed by atoms with Crippen molar-refractivity contribution >= 4 is 5.96 Å². The quantitative estimate of drug-likeness (QED) is 0.668. The minimum Gasteiger partial charge on any atom is -0.370 e. The molecular weight excluding hydrogens is 258 g/mol. The van der Waals surface area contributed by atoms with Crippen LogP contribution in [0.1, 0.15) is 45.6 Å². The maximum Gasteiger partial charge on any atom is 0.192 e. The Balaban J connectivity index is 1.78. The van der Waals surface area contributed by atoms with E-state index >= 15 is 0 Å². The monoisotopic (exact) mass is 285 g/mol. The molecule has 0 aromatic heterocycles. The summed E-state index contributed by atoms with van der Waals surface area (Å²) in [5.41, 5.74) is 8.12. The molecule has 3 nitrogen and oxygen atoms in total. The summed E-state index contributed by atoms with van der Waals surface area (Å²) in [6, 6.07) is 10.3. The van der Waals surface area contributed by atoms with Gasteiger partial charge in [-0.05, 0) is 50.0 Å². The van der Waals surface area contributed by atoms with Crippen molar-refractivity contribution in [1.82, 2.24) is 4.90 Å². The average Bonchev–Trinajstić information content (AvgIpc) is 2.82. The first-order chi connectivity index (χ1) is 9.91. The van der Waals surface area contributed by atoms with Crippen LogP contribution in [0, 0.1) is 11.3 Å². The SMILES string of the molecule is CC1(C)[C@H]2CC[C@](C)(C2)CN1C(N)=NCc1ccccc1. The Morgan fingerprint density at radius 1 is 1.29 bits per heavy atom. The van der Waals surface area contributed by atoms with Crippen LogP contribution in [0.15, 0.2) is 35.3 Å². The zero-order chi connectivity index (χ0) is 15.1. The number of fused-ring (bicyclic) bond motifs is 2. The molecule has 1 aliphatic heterocycles. The van der Waals surface area contributed by atoms with Crippen LogP contribution < -0.4 is 5.73 Å². The van der Waals surface area contributed by atoms with Crippen LogP contribution in [-0.2, 0) is 6.54 Å². The number of nitrogens with zero attached hydrogens (tertiary/aromatic N) is 2. The molecule has 2 N–H and O–H groups in total. The number of aliphatic imine (C=N–C) groups is 1. The van der Waals surface area contributed by atoms with E-state index in [4.69, 9.17) is 5.73 Å². The molecule has 1 aromatic carbocycles. The Morgan fingerprint density at radius 3 is 2.71 bits per heavy atom. The van der Waals surface area contributed by atoms with Crippen LogP contribution in [0.2, 0.25) is 0 Å². The average molecular weight is 285 g/mol. The first-order valence-electron chi connectivity index (χ1n) is 8.02. The normalized spacial score (nSPS) is 31.5. The molecule has 3 rings (SSSR count). The highest BCUT2D eigenvalue weighted by Crippen LogP contribution is 2.52. The van der Waals surface area contributed by atoms with Crippen LogP contribution >= 0.6 is 0 Å². The lowest BCUT2D eigenvalue weighted by molar-refractivity contribution is 0.0482. The third kappa shape index (κ3) is 2.66. The highest BCUT2D eigenvalue weighted by atomic mass is 15.3. The van der Waals surface area contributed by atoms with Gasteiger partial charge in [0.2, 0.25) is 0 Å². The molecule has 1 saturated carbocycles. The number of benzene rings is 1. The molecule has 1 aromatic rings. The van der Waals surface area contributed by atoms with Gasteiger partial charge in [-0.15, -0.1) is 0 Å². The molecule has 2 atom stereocenters. The fourth-order valence-corrected chi connectivity index (χ4v) is 4.09. The molecule has 0 amide bonds. The van der Waals surface area contributed by atoms with Gasteiger partial charge in [-0.25, -0.2) is 4.99 Å². The van der Waals surface area contributed by atoms with Crippen molar-refractivity contribution in [3.63, 3.8) is 0 Å². The highest BCUT2D eigenvalue weighted by Gasteiger charge is 2.51. The van der Waals surface area contributed by atoms with E-state index in [-0.39, 0.29) is 5.54 Å². The zero-order valence-corrected chi connectivity index (χ0v) is 13.5. The summed E-state index contributed by atoms with van der Waals surface area (Å²) in [6.07, 6.45) is 3.98. The molecule has 3 heteroatoms. The van der Waals surface area contributed by atoms with Gasteiger partial charge in [0, 0.05) is 12.1 Å². The summed E-state index contributed by atoms with van der Waals surface area (Å²) < 4.78 is 0.